The van der Waals surface area contributed by atoms with E-state index in [2.05, 4.69) is 25.9 Å². The van der Waals surface area contributed by atoms with Gasteiger partial charge < -0.3 is 19.8 Å². The van der Waals surface area contributed by atoms with Gasteiger partial charge in [0.2, 0.25) is 0 Å². The quantitative estimate of drug-likeness (QED) is 0.509. The monoisotopic (exact) mass is 440 g/mol. The number of pyridine rings is 2. The van der Waals surface area contributed by atoms with Crippen LogP contribution < -0.4 is 5.32 Å². The first-order valence-electron chi connectivity index (χ1n) is 11.2. The highest BCUT2D eigenvalue weighted by atomic mass is 16.2. The maximum atomic E-state index is 11.9. The first-order chi connectivity index (χ1) is 16.1. The predicted octanol–water partition coefficient (Wildman–Crippen LogP) is 3.31. The first kappa shape index (κ1) is 19.7. The molecule has 4 aromatic heterocycles. The second-order valence-corrected chi connectivity index (χ2v) is 8.50. The summed E-state index contributed by atoms with van der Waals surface area (Å²) < 4.78 is 2.31. The molecule has 0 atom stereocenters. The number of nitrogens with one attached hydrogen (secondary N) is 2. The second kappa shape index (κ2) is 7.54. The average molecular weight is 441 g/mol. The lowest BCUT2D eigenvalue weighted by molar-refractivity contribution is 0.200. The number of urea groups is 1. The number of carbonyl (C=O) groups is 1. The maximum Gasteiger partial charge on any atom is 0.317 e. The van der Waals surface area contributed by atoms with Gasteiger partial charge in [-0.05, 0) is 37.6 Å². The number of nitrogens with zero attached hydrogens (tertiary/aromatic N) is 6. The molecule has 166 valence electrons. The molecule has 0 aromatic carbocycles. The fourth-order valence-electron chi connectivity index (χ4n) is 4.74. The van der Waals surface area contributed by atoms with E-state index in [1.54, 1.807) is 11.9 Å². The summed E-state index contributed by atoms with van der Waals surface area (Å²) in [5, 5.41) is 2.66. The summed E-state index contributed by atoms with van der Waals surface area (Å²) in [6.45, 7) is 3.95. The summed E-state index contributed by atoms with van der Waals surface area (Å²) in [6.07, 6.45) is 3.89. The number of amides is 2. The van der Waals surface area contributed by atoms with Crippen molar-refractivity contribution in [3.63, 3.8) is 0 Å². The van der Waals surface area contributed by atoms with Gasteiger partial charge in [-0.3, -0.25) is 9.97 Å². The van der Waals surface area contributed by atoms with Crippen LogP contribution in [0.3, 0.4) is 0 Å². The van der Waals surface area contributed by atoms with Crippen LogP contribution in [0.5, 0.6) is 0 Å². The Kier molecular flexibility index (Phi) is 4.49. The number of aromatic amines is 1. The van der Waals surface area contributed by atoms with E-state index in [1.807, 2.05) is 37.4 Å². The summed E-state index contributed by atoms with van der Waals surface area (Å²) in [5.41, 5.74) is 7.50. The van der Waals surface area contributed by atoms with Gasteiger partial charge in [-0.1, -0.05) is 6.07 Å². The number of aryl methyl sites for hydroxylation is 2. The molecule has 0 radical (unpaired) electrons. The molecule has 9 nitrogen and oxygen atoms in total. The Balaban J connectivity index is 1.39. The van der Waals surface area contributed by atoms with Crippen LogP contribution >= 0.6 is 0 Å². The fourth-order valence-corrected chi connectivity index (χ4v) is 4.74. The van der Waals surface area contributed by atoms with Crippen molar-refractivity contribution in [2.24, 2.45) is 0 Å². The number of H-pyrrole nitrogens is 1. The van der Waals surface area contributed by atoms with Crippen LogP contribution in [0.4, 0.5) is 4.79 Å². The average Bonchev–Trinajstić information content (AvgIpc) is 3.58. The van der Waals surface area contributed by atoms with Crippen molar-refractivity contribution < 1.29 is 4.79 Å². The van der Waals surface area contributed by atoms with E-state index in [1.165, 1.54) is 0 Å². The number of rotatable bonds is 3. The molecular weight excluding hydrogens is 416 g/mol. The molecule has 0 bridgehead atoms. The highest BCUT2D eigenvalue weighted by Crippen LogP contribution is 2.36. The van der Waals surface area contributed by atoms with Crippen molar-refractivity contribution in [1.29, 1.82) is 0 Å². The third-order valence-corrected chi connectivity index (χ3v) is 6.29. The van der Waals surface area contributed by atoms with E-state index in [-0.39, 0.29) is 6.03 Å². The molecule has 2 N–H and O–H groups in total. The van der Waals surface area contributed by atoms with Crippen LogP contribution in [0, 0.1) is 6.92 Å². The summed E-state index contributed by atoms with van der Waals surface area (Å²) in [4.78, 5) is 36.0. The molecule has 33 heavy (non-hydrogen) atoms. The first-order valence-corrected chi connectivity index (χ1v) is 11.2. The van der Waals surface area contributed by atoms with Gasteiger partial charge >= 0.3 is 6.03 Å². The molecule has 4 aromatic rings. The third-order valence-electron chi connectivity index (χ3n) is 6.29. The van der Waals surface area contributed by atoms with E-state index in [4.69, 9.17) is 15.0 Å². The van der Waals surface area contributed by atoms with Gasteiger partial charge in [-0.15, -0.1) is 0 Å². The molecule has 0 unspecified atom stereocenters. The standard InChI is InChI=1S/C24H24N8O/c1-14-5-3-6-16(27-14)21-22(32-10-4-7-20(32)30-21)15-8-9-26-17(11-15)23-28-18-12-31(24(33)25-2)13-19(18)29-23/h3,5-6,8-9,11H,4,7,10,12-13H2,1-2H3,(H,25,33)(H,28,29). The lowest BCUT2D eigenvalue weighted by Gasteiger charge is -2.14. The zero-order valence-corrected chi connectivity index (χ0v) is 18.6. The minimum Gasteiger partial charge on any atom is -0.341 e. The summed E-state index contributed by atoms with van der Waals surface area (Å²) in [7, 11) is 1.64. The normalized spacial score (nSPS) is 14.4. The van der Waals surface area contributed by atoms with Crippen molar-refractivity contribution in [1.82, 2.24) is 39.7 Å². The Bertz CT molecular complexity index is 1360. The Morgan fingerprint density at radius 1 is 1.12 bits per heavy atom. The van der Waals surface area contributed by atoms with Gasteiger partial charge in [-0.2, -0.15) is 0 Å². The lowest BCUT2D eigenvalue weighted by atomic mass is 10.1. The molecule has 9 heteroatoms. The fraction of sp³-hybridized carbons (Fsp3) is 0.292. The molecule has 0 saturated carbocycles. The van der Waals surface area contributed by atoms with Crippen LogP contribution in [-0.2, 0) is 26.1 Å². The topological polar surface area (TPSA) is 105 Å². The van der Waals surface area contributed by atoms with Crippen LogP contribution in [0.15, 0.2) is 36.5 Å². The van der Waals surface area contributed by atoms with E-state index >= 15 is 0 Å². The molecule has 0 spiro atoms. The van der Waals surface area contributed by atoms with Gasteiger partial charge in [0, 0.05) is 37.5 Å². The van der Waals surface area contributed by atoms with Crippen molar-refractivity contribution in [3.8, 4) is 34.2 Å². The number of aromatic nitrogens is 6. The molecule has 0 saturated heterocycles. The lowest BCUT2D eigenvalue weighted by Crippen LogP contribution is -2.34. The SMILES string of the molecule is CNC(=O)N1Cc2nc(-c3cc(-c4c(-c5cccc(C)n5)nc5n4CCC5)ccn3)[nH]c2C1. The highest BCUT2D eigenvalue weighted by molar-refractivity contribution is 5.79. The van der Waals surface area contributed by atoms with Crippen LogP contribution in [0.1, 0.15) is 29.3 Å². The Morgan fingerprint density at radius 2 is 2.03 bits per heavy atom. The van der Waals surface area contributed by atoms with Crippen molar-refractivity contribution in [2.75, 3.05) is 7.05 Å². The zero-order valence-electron chi connectivity index (χ0n) is 18.6. The van der Waals surface area contributed by atoms with E-state index in [0.717, 1.165) is 76.5 Å². The Hall–Kier alpha value is -4.01. The second-order valence-electron chi connectivity index (χ2n) is 8.50. The van der Waals surface area contributed by atoms with Crippen LogP contribution in [0.2, 0.25) is 0 Å². The molecule has 0 fully saturated rings. The molecular formula is C24H24N8O. The number of hydrogen-bond donors (Lipinski definition) is 2. The van der Waals surface area contributed by atoms with E-state index < -0.39 is 0 Å². The Morgan fingerprint density at radius 3 is 2.85 bits per heavy atom. The Labute approximate surface area is 190 Å². The third kappa shape index (κ3) is 3.27. The van der Waals surface area contributed by atoms with Crippen molar-refractivity contribution in [2.45, 2.75) is 39.4 Å². The van der Waals surface area contributed by atoms with Gasteiger partial charge in [0.15, 0.2) is 5.82 Å². The largest absolute Gasteiger partial charge is 0.341 e. The smallest absolute Gasteiger partial charge is 0.317 e. The van der Waals surface area contributed by atoms with Crippen molar-refractivity contribution in [3.05, 3.63) is 59.4 Å². The van der Waals surface area contributed by atoms with Gasteiger partial charge in [0.25, 0.3) is 0 Å². The number of fused-ring (bicyclic) bond motifs is 2. The molecule has 0 aliphatic carbocycles. The molecule has 2 aliphatic rings. The molecule has 6 heterocycles. The highest BCUT2D eigenvalue weighted by Gasteiger charge is 2.28. The minimum atomic E-state index is -0.102. The summed E-state index contributed by atoms with van der Waals surface area (Å²) in [6, 6.07) is 10.0. The van der Waals surface area contributed by atoms with Gasteiger partial charge in [0.05, 0.1) is 35.9 Å². The van der Waals surface area contributed by atoms with E-state index in [9.17, 15) is 4.79 Å². The van der Waals surface area contributed by atoms with E-state index in [0.29, 0.717) is 13.1 Å². The maximum absolute atomic E-state index is 11.9. The molecule has 2 aliphatic heterocycles. The van der Waals surface area contributed by atoms with Crippen LogP contribution in [-0.4, -0.2) is 47.5 Å². The number of carbonyl (C=O) groups excluding carboxylic acids is 1. The zero-order chi connectivity index (χ0) is 22.5. The van der Waals surface area contributed by atoms with Crippen LogP contribution in [0.25, 0.3) is 34.2 Å². The molecule has 6 rings (SSSR count). The number of hydrogen-bond acceptors (Lipinski definition) is 5. The summed E-state index contributed by atoms with van der Waals surface area (Å²) >= 11 is 0. The predicted molar refractivity (Wildman–Crippen MR) is 123 cm³/mol. The molecule has 2 amide bonds. The number of imidazole rings is 2. The van der Waals surface area contributed by atoms with Crippen molar-refractivity contribution >= 4 is 6.03 Å². The van der Waals surface area contributed by atoms with Gasteiger partial charge in [0.1, 0.15) is 17.2 Å². The minimum absolute atomic E-state index is 0.102. The van der Waals surface area contributed by atoms with Gasteiger partial charge in [-0.25, -0.2) is 14.8 Å². The summed E-state index contributed by atoms with van der Waals surface area (Å²) in [5.74, 6) is 1.82.